The van der Waals surface area contributed by atoms with Crippen LogP contribution in [0, 0.1) is 0 Å². The van der Waals surface area contributed by atoms with Gasteiger partial charge in [0, 0.05) is 18.6 Å². The van der Waals surface area contributed by atoms with Crippen LogP contribution in [0.2, 0.25) is 0 Å². The van der Waals surface area contributed by atoms with Gasteiger partial charge in [-0.2, -0.15) is 0 Å². The lowest BCUT2D eigenvalue weighted by Crippen LogP contribution is -2.37. The van der Waals surface area contributed by atoms with E-state index in [1.807, 2.05) is 12.1 Å². The molecule has 1 aromatic carbocycles. The van der Waals surface area contributed by atoms with Gasteiger partial charge in [-0.15, -0.1) is 0 Å². The molecular formula is C14H24N2O. The fourth-order valence-corrected chi connectivity index (χ4v) is 2.10. The Balaban J connectivity index is 2.62. The highest BCUT2D eigenvalue weighted by molar-refractivity contribution is 5.28. The molecule has 0 aliphatic rings. The molecule has 0 amide bonds. The Kier molecular flexibility index (Phi) is 5.45. The zero-order valence-electron chi connectivity index (χ0n) is 11.3. The SMILES string of the molecule is CCC(NC(C)CN(C)C)c1ccc(O)cc1. The van der Waals surface area contributed by atoms with E-state index in [-0.39, 0.29) is 0 Å². The standard InChI is InChI=1S/C14H24N2O/c1-5-14(15-11(2)10-16(3)4)12-6-8-13(17)9-7-12/h6-9,11,14-15,17H,5,10H2,1-4H3. The molecule has 17 heavy (non-hydrogen) atoms. The molecule has 0 aliphatic heterocycles. The zero-order chi connectivity index (χ0) is 12.8. The minimum Gasteiger partial charge on any atom is -0.508 e. The average molecular weight is 236 g/mol. The molecule has 1 rings (SSSR count). The van der Waals surface area contributed by atoms with Gasteiger partial charge in [0.05, 0.1) is 0 Å². The summed E-state index contributed by atoms with van der Waals surface area (Å²) >= 11 is 0. The van der Waals surface area contributed by atoms with Crippen molar-refractivity contribution in [3.8, 4) is 5.75 Å². The Morgan fingerprint density at radius 2 is 1.82 bits per heavy atom. The molecule has 3 heteroatoms. The lowest BCUT2D eigenvalue weighted by Gasteiger charge is -2.25. The molecule has 0 radical (unpaired) electrons. The van der Waals surface area contributed by atoms with Gasteiger partial charge in [-0.25, -0.2) is 0 Å². The number of phenolic OH excluding ortho intramolecular Hbond substituents is 1. The summed E-state index contributed by atoms with van der Waals surface area (Å²) in [6.07, 6.45) is 1.04. The molecule has 0 fully saturated rings. The van der Waals surface area contributed by atoms with Crippen molar-refractivity contribution in [3.05, 3.63) is 29.8 Å². The molecule has 0 aromatic heterocycles. The molecular weight excluding hydrogens is 212 g/mol. The molecule has 2 unspecified atom stereocenters. The maximum absolute atomic E-state index is 9.28. The van der Waals surface area contributed by atoms with Crippen molar-refractivity contribution >= 4 is 0 Å². The predicted molar refractivity (Wildman–Crippen MR) is 72.3 cm³/mol. The van der Waals surface area contributed by atoms with E-state index in [1.54, 1.807) is 12.1 Å². The number of phenols is 1. The molecule has 0 heterocycles. The van der Waals surface area contributed by atoms with E-state index in [9.17, 15) is 5.11 Å². The van der Waals surface area contributed by atoms with Gasteiger partial charge < -0.3 is 15.3 Å². The van der Waals surface area contributed by atoms with Crippen LogP contribution in [0.4, 0.5) is 0 Å². The van der Waals surface area contributed by atoms with Crippen molar-refractivity contribution in [3.63, 3.8) is 0 Å². The molecule has 0 spiro atoms. The van der Waals surface area contributed by atoms with Crippen LogP contribution in [0.3, 0.4) is 0 Å². The Hall–Kier alpha value is -1.06. The second-order valence-electron chi connectivity index (χ2n) is 4.88. The Bertz CT molecular complexity index is 321. The number of likely N-dealkylation sites (N-methyl/N-ethyl adjacent to an activating group) is 1. The topological polar surface area (TPSA) is 35.5 Å². The number of rotatable bonds is 6. The van der Waals surface area contributed by atoms with Gasteiger partial charge in [0.25, 0.3) is 0 Å². The zero-order valence-corrected chi connectivity index (χ0v) is 11.3. The van der Waals surface area contributed by atoms with E-state index < -0.39 is 0 Å². The van der Waals surface area contributed by atoms with Crippen molar-refractivity contribution in [1.82, 2.24) is 10.2 Å². The third-order valence-corrected chi connectivity index (χ3v) is 2.83. The largest absolute Gasteiger partial charge is 0.508 e. The number of hydrogen-bond acceptors (Lipinski definition) is 3. The highest BCUT2D eigenvalue weighted by atomic mass is 16.3. The summed E-state index contributed by atoms with van der Waals surface area (Å²) < 4.78 is 0. The van der Waals surface area contributed by atoms with E-state index >= 15 is 0 Å². The van der Waals surface area contributed by atoms with Gasteiger partial charge in [-0.1, -0.05) is 19.1 Å². The first kappa shape index (κ1) is 14.0. The molecule has 96 valence electrons. The third kappa shape index (κ3) is 4.75. The van der Waals surface area contributed by atoms with E-state index in [2.05, 4.69) is 38.2 Å². The highest BCUT2D eigenvalue weighted by Gasteiger charge is 2.12. The van der Waals surface area contributed by atoms with Crippen molar-refractivity contribution in [2.24, 2.45) is 0 Å². The summed E-state index contributed by atoms with van der Waals surface area (Å²) in [5, 5.41) is 12.9. The first-order valence-electron chi connectivity index (χ1n) is 6.22. The van der Waals surface area contributed by atoms with Gasteiger partial charge >= 0.3 is 0 Å². The number of nitrogens with one attached hydrogen (secondary N) is 1. The maximum Gasteiger partial charge on any atom is 0.115 e. The van der Waals surface area contributed by atoms with Crippen molar-refractivity contribution in [1.29, 1.82) is 0 Å². The first-order valence-corrected chi connectivity index (χ1v) is 6.22. The third-order valence-electron chi connectivity index (χ3n) is 2.83. The van der Waals surface area contributed by atoms with Crippen molar-refractivity contribution < 1.29 is 5.11 Å². The molecule has 0 saturated carbocycles. The number of hydrogen-bond donors (Lipinski definition) is 2. The average Bonchev–Trinajstić information content (AvgIpc) is 2.26. The van der Waals surface area contributed by atoms with Gasteiger partial charge in [0.15, 0.2) is 0 Å². The summed E-state index contributed by atoms with van der Waals surface area (Å²) in [4.78, 5) is 2.18. The molecule has 2 atom stereocenters. The number of aromatic hydroxyl groups is 1. The number of benzene rings is 1. The summed E-state index contributed by atoms with van der Waals surface area (Å²) in [7, 11) is 4.17. The van der Waals surface area contributed by atoms with Crippen LogP contribution in [0.25, 0.3) is 0 Å². The summed E-state index contributed by atoms with van der Waals surface area (Å²) in [6.45, 7) is 5.39. The normalized spacial score (nSPS) is 14.9. The van der Waals surface area contributed by atoms with E-state index in [0.717, 1.165) is 13.0 Å². The van der Waals surface area contributed by atoms with Crippen LogP contribution in [-0.2, 0) is 0 Å². The lowest BCUT2D eigenvalue weighted by atomic mass is 10.0. The van der Waals surface area contributed by atoms with Crippen LogP contribution >= 0.6 is 0 Å². The molecule has 1 aromatic rings. The Morgan fingerprint density at radius 1 is 1.24 bits per heavy atom. The van der Waals surface area contributed by atoms with Crippen LogP contribution in [0.1, 0.15) is 31.9 Å². The fourth-order valence-electron chi connectivity index (χ4n) is 2.10. The molecule has 2 N–H and O–H groups in total. The van der Waals surface area contributed by atoms with Crippen LogP contribution in [0.5, 0.6) is 5.75 Å². The van der Waals surface area contributed by atoms with E-state index in [4.69, 9.17) is 0 Å². The van der Waals surface area contributed by atoms with Crippen molar-refractivity contribution in [2.75, 3.05) is 20.6 Å². The van der Waals surface area contributed by atoms with Crippen LogP contribution < -0.4 is 5.32 Å². The second-order valence-corrected chi connectivity index (χ2v) is 4.88. The predicted octanol–water partition coefficient (Wildman–Crippen LogP) is 2.38. The monoisotopic (exact) mass is 236 g/mol. The minimum absolute atomic E-state index is 0.324. The summed E-state index contributed by atoms with van der Waals surface area (Å²) in [5.41, 5.74) is 1.23. The van der Waals surface area contributed by atoms with Crippen LogP contribution in [0.15, 0.2) is 24.3 Å². The van der Waals surface area contributed by atoms with Crippen LogP contribution in [-0.4, -0.2) is 36.7 Å². The van der Waals surface area contributed by atoms with Gasteiger partial charge in [-0.05, 0) is 45.1 Å². The fraction of sp³-hybridized carbons (Fsp3) is 0.571. The quantitative estimate of drug-likeness (QED) is 0.796. The van der Waals surface area contributed by atoms with Gasteiger partial charge in [-0.3, -0.25) is 0 Å². The Labute approximate surface area is 104 Å². The summed E-state index contributed by atoms with van der Waals surface area (Å²) in [6, 6.07) is 8.26. The second kappa shape index (κ2) is 6.62. The van der Waals surface area contributed by atoms with Crippen molar-refractivity contribution in [2.45, 2.75) is 32.4 Å². The maximum atomic E-state index is 9.28. The van der Waals surface area contributed by atoms with E-state index in [1.165, 1.54) is 5.56 Å². The van der Waals surface area contributed by atoms with E-state index in [0.29, 0.717) is 17.8 Å². The molecule has 0 saturated heterocycles. The van der Waals surface area contributed by atoms with Gasteiger partial charge in [0.1, 0.15) is 5.75 Å². The molecule has 3 nitrogen and oxygen atoms in total. The Morgan fingerprint density at radius 3 is 2.29 bits per heavy atom. The minimum atomic E-state index is 0.324. The first-order chi connectivity index (χ1) is 8.02. The molecule has 0 bridgehead atoms. The van der Waals surface area contributed by atoms with Gasteiger partial charge in [0.2, 0.25) is 0 Å². The lowest BCUT2D eigenvalue weighted by molar-refractivity contribution is 0.326. The summed E-state index contributed by atoms with van der Waals surface area (Å²) in [5.74, 6) is 0.324. The highest BCUT2D eigenvalue weighted by Crippen LogP contribution is 2.19. The molecule has 0 aliphatic carbocycles. The smallest absolute Gasteiger partial charge is 0.115 e. The number of nitrogens with zero attached hydrogens (tertiary/aromatic N) is 1.